The molecule has 2 unspecified atom stereocenters. The highest BCUT2D eigenvalue weighted by Gasteiger charge is 2.39. The number of nitrogens with one attached hydrogen (secondary N) is 1. The minimum atomic E-state index is -0.558. The molecule has 1 aromatic rings. The minimum Gasteiger partial charge on any atom is -0.330 e. The van der Waals surface area contributed by atoms with Crippen LogP contribution in [0.25, 0.3) is 0 Å². The van der Waals surface area contributed by atoms with Crippen LogP contribution in [0.15, 0.2) is 18.2 Å². The number of nitrogens with zero attached hydrogens (tertiary/aromatic N) is 2. The summed E-state index contributed by atoms with van der Waals surface area (Å²) < 4.78 is 0. The van der Waals surface area contributed by atoms with Gasteiger partial charge in [0.15, 0.2) is 0 Å². The number of likely N-dealkylation sites (tertiary alicyclic amines) is 1. The molecular weight excluding hydrogens is 356 g/mol. The minimum absolute atomic E-state index is 0.108. The van der Waals surface area contributed by atoms with E-state index in [1.807, 2.05) is 12.1 Å². The molecule has 0 aliphatic carbocycles. The van der Waals surface area contributed by atoms with Gasteiger partial charge in [0, 0.05) is 31.1 Å². The van der Waals surface area contributed by atoms with Crippen molar-refractivity contribution >= 4 is 17.7 Å². The van der Waals surface area contributed by atoms with Gasteiger partial charge in [0.1, 0.15) is 6.04 Å². The molecule has 3 N–H and O–H groups in total. The Morgan fingerprint density at radius 3 is 2.79 bits per heavy atom. The Kier molecular flexibility index (Phi) is 5.46. The summed E-state index contributed by atoms with van der Waals surface area (Å²) in [7, 11) is 0. The average molecular weight is 384 g/mol. The van der Waals surface area contributed by atoms with E-state index in [-0.39, 0.29) is 24.1 Å². The van der Waals surface area contributed by atoms with Crippen LogP contribution < -0.4 is 11.1 Å². The van der Waals surface area contributed by atoms with Crippen molar-refractivity contribution in [2.45, 2.75) is 63.7 Å². The molecule has 3 aliphatic rings. The molecule has 4 rings (SSSR count). The first kappa shape index (κ1) is 19.1. The maximum Gasteiger partial charge on any atom is 0.255 e. The van der Waals surface area contributed by atoms with Crippen molar-refractivity contribution in [2.75, 3.05) is 13.1 Å². The molecule has 28 heavy (non-hydrogen) atoms. The molecular formula is C21H28N4O3. The van der Waals surface area contributed by atoms with E-state index in [9.17, 15) is 14.4 Å². The summed E-state index contributed by atoms with van der Waals surface area (Å²) in [5.41, 5.74) is 8.55. The van der Waals surface area contributed by atoms with Gasteiger partial charge < -0.3 is 10.6 Å². The maximum absolute atomic E-state index is 13.0. The highest BCUT2D eigenvalue weighted by atomic mass is 16.2. The fraction of sp³-hybridized carbons (Fsp3) is 0.571. The molecule has 0 aromatic heterocycles. The summed E-state index contributed by atoms with van der Waals surface area (Å²) in [5.74, 6) is -0.736. The Balaban J connectivity index is 1.48. The predicted molar refractivity (Wildman–Crippen MR) is 104 cm³/mol. The zero-order chi connectivity index (χ0) is 19.7. The van der Waals surface area contributed by atoms with E-state index < -0.39 is 6.04 Å². The number of nitrogens with two attached hydrogens (primary N) is 1. The number of amides is 3. The predicted octanol–water partition coefficient (Wildman–Crippen LogP) is 1.15. The Hall–Kier alpha value is -2.25. The molecule has 0 bridgehead atoms. The molecule has 7 heteroatoms. The smallest absolute Gasteiger partial charge is 0.255 e. The van der Waals surface area contributed by atoms with Crippen molar-refractivity contribution in [1.29, 1.82) is 0 Å². The second-order valence-electron chi connectivity index (χ2n) is 8.09. The number of rotatable bonds is 5. The van der Waals surface area contributed by atoms with Gasteiger partial charge >= 0.3 is 0 Å². The van der Waals surface area contributed by atoms with Crippen LogP contribution in [0.2, 0.25) is 0 Å². The lowest BCUT2D eigenvalue weighted by Gasteiger charge is -2.35. The molecule has 2 fully saturated rings. The zero-order valence-electron chi connectivity index (χ0n) is 16.2. The van der Waals surface area contributed by atoms with E-state index in [2.05, 4.69) is 16.3 Å². The van der Waals surface area contributed by atoms with Crippen LogP contribution >= 0.6 is 0 Å². The number of benzene rings is 1. The van der Waals surface area contributed by atoms with E-state index in [0.717, 1.165) is 30.6 Å². The lowest BCUT2D eigenvalue weighted by atomic mass is 9.98. The number of hydrogen-bond acceptors (Lipinski definition) is 5. The third kappa shape index (κ3) is 3.69. The van der Waals surface area contributed by atoms with Crippen LogP contribution in [-0.2, 0) is 22.7 Å². The topological polar surface area (TPSA) is 95.7 Å². The summed E-state index contributed by atoms with van der Waals surface area (Å²) >= 11 is 0. The van der Waals surface area contributed by atoms with Crippen LogP contribution in [0.3, 0.4) is 0 Å². The normalized spacial score (nSPS) is 25.8. The number of fused-ring (bicyclic) bond motifs is 1. The first-order valence-corrected chi connectivity index (χ1v) is 10.3. The van der Waals surface area contributed by atoms with E-state index in [0.29, 0.717) is 31.1 Å². The summed E-state index contributed by atoms with van der Waals surface area (Å²) in [5, 5.41) is 2.35. The SMILES string of the molecule is NCCC1CCCCN1Cc1ccc2c(c1)C(=O)N(C1CCC(=O)NC1=O)C2. The molecule has 7 nitrogen and oxygen atoms in total. The third-order valence-corrected chi connectivity index (χ3v) is 6.23. The third-order valence-electron chi connectivity index (χ3n) is 6.23. The largest absolute Gasteiger partial charge is 0.330 e. The van der Waals surface area contributed by atoms with Gasteiger partial charge in [-0.05, 0) is 56.0 Å². The summed E-state index contributed by atoms with van der Waals surface area (Å²) in [6.45, 7) is 3.02. The van der Waals surface area contributed by atoms with Crippen molar-refractivity contribution < 1.29 is 14.4 Å². The molecule has 3 amide bonds. The van der Waals surface area contributed by atoms with Crippen molar-refractivity contribution in [3.05, 3.63) is 34.9 Å². The van der Waals surface area contributed by atoms with Crippen molar-refractivity contribution in [1.82, 2.24) is 15.1 Å². The van der Waals surface area contributed by atoms with Gasteiger partial charge in [0.05, 0.1) is 0 Å². The van der Waals surface area contributed by atoms with Crippen molar-refractivity contribution in [3.63, 3.8) is 0 Å². The van der Waals surface area contributed by atoms with Gasteiger partial charge in [-0.15, -0.1) is 0 Å². The highest BCUT2D eigenvalue weighted by molar-refractivity contribution is 6.05. The van der Waals surface area contributed by atoms with Crippen LogP contribution in [0, 0.1) is 0 Å². The van der Waals surface area contributed by atoms with E-state index in [4.69, 9.17) is 5.73 Å². The molecule has 0 radical (unpaired) electrons. The van der Waals surface area contributed by atoms with Gasteiger partial charge in [-0.3, -0.25) is 24.6 Å². The van der Waals surface area contributed by atoms with Crippen LogP contribution in [0.5, 0.6) is 0 Å². The number of imide groups is 1. The van der Waals surface area contributed by atoms with E-state index in [1.54, 1.807) is 4.90 Å². The fourth-order valence-corrected chi connectivity index (χ4v) is 4.72. The molecule has 2 atom stereocenters. The molecule has 3 heterocycles. The Bertz CT molecular complexity index is 792. The first-order chi connectivity index (χ1) is 13.6. The number of carbonyl (C=O) groups excluding carboxylic acids is 3. The quantitative estimate of drug-likeness (QED) is 0.743. The Morgan fingerprint density at radius 1 is 1.14 bits per heavy atom. The molecule has 0 spiro atoms. The van der Waals surface area contributed by atoms with Gasteiger partial charge in [0.25, 0.3) is 5.91 Å². The van der Waals surface area contributed by atoms with Gasteiger partial charge in [-0.1, -0.05) is 18.6 Å². The van der Waals surface area contributed by atoms with Gasteiger partial charge in [-0.2, -0.15) is 0 Å². The second-order valence-corrected chi connectivity index (χ2v) is 8.09. The summed E-state index contributed by atoms with van der Waals surface area (Å²) in [4.78, 5) is 40.6. The number of piperidine rings is 2. The van der Waals surface area contributed by atoms with Crippen molar-refractivity contribution in [2.24, 2.45) is 5.73 Å². The van der Waals surface area contributed by atoms with Gasteiger partial charge in [0.2, 0.25) is 11.8 Å². The maximum atomic E-state index is 13.0. The number of carbonyl (C=O) groups is 3. The highest BCUT2D eigenvalue weighted by Crippen LogP contribution is 2.29. The van der Waals surface area contributed by atoms with Crippen LogP contribution in [-0.4, -0.2) is 52.7 Å². The monoisotopic (exact) mass is 384 g/mol. The Morgan fingerprint density at radius 2 is 2.00 bits per heavy atom. The van der Waals surface area contributed by atoms with Gasteiger partial charge in [-0.25, -0.2) is 0 Å². The first-order valence-electron chi connectivity index (χ1n) is 10.3. The molecule has 0 saturated carbocycles. The average Bonchev–Trinajstić information content (AvgIpc) is 3.00. The standard InChI is InChI=1S/C21H28N4O3/c22-9-8-16-3-1-2-10-24(16)12-14-4-5-15-13-25(21(28)17(15)11-14)18-6-7-19(26)23-20(18)27/h4-5,11,16,18H,1-3,6-10,12-13,22H2,(H,23,26,27). The summed E-state index contributed by atoms with van der Waals surface area (Å²) in [6.07, 6.45) is 5.32. The lowest BCUT2D eigenvalue weighted by Crippen LogP contribution is -2.52. The van der Waals surface area contributed by atoms with Crippen molar-refractivity contribution in [3.8, 4) is 0 Å². The second kappa shape index (κ2) is 8.01. The van der Waals surface area contributed by atoms with E-state index >= 15 is 0 Å². The number of hydrogen-bond donors (Lipinski definition) is 2. The molecule has 1 aromatic carbocycles. The Labute approximate surface area is 165 Å². The van der Waals surface area contributed by atoms with Crippen LogP contribution in [0.4, 0.5) is 0 Å². The summed E-state index contributed by atoms with van der Waals surface area (Å²) in [6, 6.07) is 6.04. The zero-order valence-corrected chi connectivity index (χ0v) is 16.2. The lowest BCUT2D eigenvalue weighted by molar-refractivity contribution is -0.136. The van der Waals surface area contributed by atoms with Crippen LogP contribution in [0.1, 0.15) is 60.0 Å². The molecule has 150 valence electrons. The molecule has 3 aliphatic heterocycles. The molecule has 2 saturated heterocycles. The fourth-order valence-electron chi connectivity index (χ4n) is 4.72. The van der Waals surface area contributed by atoms with E-state index in [1.165, 1.54) is 19.3 Å².